The molecule has 2 heterocycles. The van der Waals surface area contributed by atoms with Gasteiger partial charge in [0.05, 0.1) is 17.9 Å². The molecule has 2 aromatic heterocycles. The van der Waals surface area contributed by atoms with Gasteiger partial charge in [0, 0.05) is 12.4 Å². The molecule has 2 radical (unpaired) electrons. The van der Waals surface area contributed by atoms with Crippen molar-refractivity contribution >= 4 is 30.0 Å². The third-order valence-electron chi connectivity index (χ3n) is 2.86. The summed E-state index contributed by atoms with van der Waals surface area (Å²) in [4.78, 5) is 3.97. The number of benzene rings is 1. The molecule has 5 nitrogen and oxygen atoms in total. The highest BCUT2D eigenvalue weighted by molar-refractivity contribution is 6.35. The average molecular weight is 250 g/mol. The summed E-state index contributed by atoms with van der Waals surface area (Å²) in [5, 5.41) is 5.14. The van der Waals surface area contributed by atoms with Gasteiger partial charge < -0.3 is 10.5 Å². The topological polar surface area (TPSA) is 66.0 Å². The van der Waals surface area contributed by atoms with E-state index in [1.54, 1.807) is 29.2 Å². The van der Waals surface area contributed by atoms with Crippen LogP contribution < -0.4 is 15.9 Å². The number of fused-ring (bicyclic) bond motifs is 1. The summed E-state index contributed by atoms with van der Waals surface area (Å²) in [5.41, 5.74) is 7.03. The van der Waals surface area contributed by atoms with E-state index in [0.717, 1.165) is 10.9 Å². The molecule has 0 fully saturated rings. The van der Waals surface area contributed by atoms with Gasteiger partial charge in [-0.3, -0.25) is 4.68 Å². The Morgan fingerprint density at radius 2 is 2.11 bits per heavy atom. The Balaban J connectivity index is 2.00. The number of rotatable bonds is 2. The lowest BCUT2D eigenvalue weighted by Gasteiger charge is -2.09. The Morgan fingerprint density at radius 3 is 2.84 bits per heavy atom. The molecule has 0 aliphatic heterocycles. The number of nitrogens with zero attached hydrogens (tertiary/aromatic N) is 3. The number of ether oxygens (including phenoxy) is 1. The normalized spacial score (nSPS) is 10.8. The Morgan fingerprint density at radius 1 is 1.26 bits per heavy atom. The fourth-order valence-electron chi connectivity index (χ4n) is 1.86. The second-order valence-corrected chi connectivity index (χ2v) is 4.24. The van der Waals surface area contributed by atoms with Gasteiger partial charge in [0.25, 0.3) is 0 Å². The molecule has 0 saturated carbocycles. The lowest BCUT2D eigenvalue weighted by molar-refractivity contribution is 0.485. The number of nitrogen functional groups attached to an aromatic ring is 1. The van der Waals surface area contributed by atoms with Crippen LogP contribution in [0.2, 0.25) is 0 Å². The highest BCUT2D eigenvalue weighted by Gasteiger charge is 2.07. The highest BCUT2D eigenvalue weighted by Crippen LogP contribution is 2.23. The molecule has 0 aliphatic rings. The van der Waals surface area contributed by atoms with Crippen molar-refractivity contribution in [3.63, 3.8) is 0 Å². The highest BCUT2D eigenvalue weighted by atomic mass is 16.5. The quantitative estimate of drug-likeness (QED) is 0.692. The van der Waals surface area contributed by atoms with Crippen LogP contribution in [0.3, 0.4) is 0 Å². The van der Waals surface area contributed by atoms with Crippen LogP contribution in [0.4, 0.5) is 5.82 Å². The summed E-state index contributed by atoms with van der Waals surface area (Å²) in [5.74, 6) is 1.61. The number of nitrogens with two attached hydrogens (primary N) is 1. The molecule has 3 aromatic rings. The SMILES string of the molecule is [B]c1cc2c(cnn2C)cc1Oc1ccc(N)nc1. The monoisotopic (exact) mass is 250 g/mol. The van der Waals surface area contributed by atoms with Crippen molar-refractivity contribution < 1.29 is 4.74 Å². The minimum Gasteiger partial charge on any atom is -0.456 e. The maximum absolute atomic E-state index is 5.98. The number of aryl methyl sites for hydroxylation is 1. The van der Waals surface area contributed by atoms with Crippen molar-refractivity contribution in [3.8, 4) is 11.5 Å². The lowest BCUT2D eigenvalue weighted by atomic mass is 9.94. The van der Waals surface area contributed by atoms with Crippen LogP contribution in [0.25, 0.3) is 10.9 Å². The molecule has 2 N–H and O–H groups in total. The van der Waals surface area contributed by atoms with E-state index in [9.17, 15) is 0 Å². The molecule has 92 valence electrons. The standard InChI is InChI=1S/C13H11BN4O/c1-18-11-5-10(14)12(4-8(11)6-17-18)19-9-2-3-13(15)16-7-9/h2-7H,1H3,(H2,15,16). The molecule has 0 unspecified atom stereocenters. The third-order valence-corrected chi connectivity index (χ3v) is 2.86. The second-order valence-electron chi connectivity index (χ2n) is 4.24. The van der Waals surface area contributed by atoms with Crippen molar-refractivity contribution in [2.75, 3.05) is 5.73 Å². The van der Waals surface area contributed by atoms with Gasteiger partial charge in [-0.15, -0.1) is 0 Å². The first kappa shape index (κ1) is 11.6. The lowest BCUT2D eigenvalue weighted by Crippen LogP contribution is -2.07. The first-order valence-electron chi connectivity index (χ1n) is 5.74. The van der Waals surface area contributed by atoms with Crippen LogP contribution in [-0.4, -0.2) is 22.6 Å². The van der Waals surface area contributed by atoms with Crippen molar-refractivity contribution in [3.05, 3.63) is 36.7 Å². The molecule has 1 aromatic carbocycles. The van der Waals surface area contributed by atoms with E-state index in [-0.39, 0.29) is 0 Å². The summed E-state index contributed by atoms with van der Waals surface area (Å²) >= 11 is 0. The first-order chi connectivity index (χ1) is 9.13. The summed E-state index contributed by atoms with van der Waals surface area (Å²) in [6.45, 7) is 0. The summed E-state index contributed by atoms with van der Waals surface area (Å²) < 4.78 is 7.47. The third kappa shape index (κ3) is 2.12. The number of anilines is 1. The Labute approximate surface area is 111 Å². The van der Waals surface area contributed by atoms with E-state index in [2.05, 4.69) is 10.1 Å². The average Bonchev–Trinajstić information content (AvgIpc) is 2.74. The maximum Gasteiger partial charge on any atom is 0.145 e. The number of hydrogen-bond acceptors (Lipinski definition) is 4. The minimum absolute atomic E-state index is 0.447. The van der Waals surface area contributed by atoms with E-state index < -0.39 is 0 Å². The van der Waals surface area contributed by atoms with Gasteiger partial charge in [0.2, 0.25) is 0 Å². The largest absolute Gasteiger partial charge is 0.456 e. The Hall–Kier alpha value is -2.50. The molecule has 0 saturated heterocycles. The molecule has 3 rings (SSSR count). The van der Waals surface area contributed by atoms with Crippen LogP contribution in [0.5, 0.6) is 11.5 Å². The molecule has 0 atom stereocenters. The first-order valence-corrected chi connectivity index (χ1v) is 5.74. The van der Waals surface area contributed by atoms with E-state index >= 15 is 0 Å². The molecule has 0 spiro atoms. The predicted molar refractivity (Wildman–Crippen MR) is 74.8 cm³/mol. The number of hydrogen-bond donors (Lipinski definition) is 1. The van der Waals surface area contributed by atoms with Crippen LogP contribution in [0.15, 0.2) is 36.7 Å². The van der Waals surface area contributed by atoms with Crippen molar-refractivity contribution in [1.82, 2.24) is 14.8 Å². The van der Waals surface area contributed by atoms with Gasteiger partial charge in [-0.2, -0.15) is 5.10 Å². The molecule has 19 heavy (non-hydrogen) atoms. The van der Waals surface area contributed by atoms with Gasteiger partial charge in [0.1, 0.15) is 25.2 Å². The number of pyridine rings is 1. The maximum atomic E-state index is 5.98. The van der Waals surface area contributed by atoms with Gasteiger partial charge in [-0.25, -0.2) is 4.98 Å². The van der Waals surface area contributed by atoms with Crippen LogP contribution in [0.1, 0.15) is 0 Å². The number of aromatic nitrogens is 3. The summed E-state index contributed by atoms with van der Waals surface area (Å²) in [6.07, 6.45) is 3.32. The summed E-state index contributed by atoms with van der Waals surface area (Å²) in [7, 11) is 7.85. The van der Waals surface area contributed by atoms with Gasteiger partial charge in [0.15, 0.2) is 0 Å². The van der Waals surface area contributed by atoms with Crippen LogP contribution >= 0.6 is 0 Å². The molecule has 0 aliphatic carbocycles. The second kappa shape index (κ2) is 4.31. The fraction of sp³-hybridized carbons (Fsp3) is 0.0769. The molecular formula is C13H11BN4O. The zero-order chi connectivity index (χ0) is 13.4. The zero-order valence-corrected chi connectivity index (χ0v) is 10.4. The predicted octanol–water partition coefficient (Wildman–Crippen LogP) is 1.14. The zero-order valence-electron chi connectivity index (χ0n) is 10.4. The van der Waals surface area contributed by atoms with Gasteiger partial charge in [-0.05, 0) is 24.3 Å². The smallest absolute Gasteiger partial charge is 0.145 e. The van der Waals surface area contributed by atoms with E-state index in [1.807, 2.05) is 19.2 Å². The van der Waals surface area contributed by atoms with Gasteiger partial charge in [-0.1, -0.05) is 5.46 Å². The minimum atomic E-state index is 0.447. The summed E-state index contributed by atoms with van der Waals surface area (Å²) in [6, 6.07) is 7.11. The van der Waals surface area contributed by atoms with E-state index in [0.29, 0.717) is 22.8 Å². The van der Waals surface area contributed by atoms with E-state index in [4.69, 9.17) is 18.3 Å². The van der Waals surface area contributed by atoms with E-state index in [1.165, 1.54) is 0 Å². The Bertz CT molecular complexity index is 736. The van der Waals surface area contributed by atoms with Crippen molar-refractivity contribution in [1.29, 1.82) is 0 Å². The molecule has 6 heteroatoms. The van der Waals surface area contributed by atoms with Crippen molar-refractivity contribution in [2.24, 2.45) is 7.05 Å². The van der Waals surface area contributed by atoms with Crippen LogP contribution in [-0.2, 0) is 7.05 Å². The van der Waals surface area contributed by atoms with Crippen LogP contribution in [0, 0.1) is 0 Å². The molecule has 0 amide bonds. The molecular weight excluding hydrogens is 239 g/mol. The van der Waals surface area contributed by atoms with Crippen molar-refractivity contribution in [2.45, 2.75) is 0 Å². The van der Waals surface area contributed by atoms with Gasteiger partial charge >= 0.3 is 0 Å². The molecule has 0 bridgehead atoms. The fourth-order valence-corrected chi connectivity index (χ4v) is 1.86. The Kier molecular flexibility index (Phi) is 2.63.